The zero-order chi connectivity index (χ0) is 20.0. The van der Waals surface area contributed by atoms with Gasteiger partial charge in [0.2, 0.25) is 11.8 Å². The predicted molar refractivity (Wildman–Crippen MR) is 108 cm³/mol. The highest BCUT2D eigenvalue weighted by Gasteiger charge is 2.23. The van der Waals surface area contributed by atoms with Crippen LogP contribution < -0.4 is 4.74 Å². The molecule has 1 aromatic carbocycles. The molecule has 0 saturated carbocycles. The van der Waals surface area contributed by atoms with Crippen LogP contribution in [0.4, 0.5) is 0 Å². The third-order valence-corrected chi connectivity index (χ3v) is 5.09. The lowest BCUT2D eigenvalue weighted by Gasteiger charge is -2.24. The number of hydrogen-bond donors (Lipinski definition) is 0. The van der Waals surface area contributed by atoms with Gasteiger partial charge < -0.3 is 14.5 Å². The Balaban J connectivity index is 2.04. The highest BCUT2D eigenvalue weighted by molar-refractivity contribution is 5.79. The van der Waals surface area contributed by atoms with E-state index < -0.39 is 0 Å². The molecule has 0 N–H and O–H groups in total. The van der Waals surface area contributed by atoms with Gasteiger partial charge in [0.1, 0.15) is 5.75 Å². The number of carbonyl (C=O) groups excluding carboxylic acids is 2. The lowest BCUT2D eigenvalue weighted by Crippen LogP contribution is -2.37. The topological polar surface area (TPSA) is 49.9 Å². The summed E-state index contributed by atoms with van der Waals surface area (Å²) in [6, 6.07) is 6.02. The summed E-state index contributed by atoms with van der Waals surface area (Å²) in [4.78, 5) is 28.8. The van der Waals surface area contributed by atoms with Crippen LogP contribution in [0.1, 0.15) is 58.1 Å². The van der Waals surface area contributed by atoms with Crippen molar-refractivity contribution in [1.82, 2.24) is 9.80 Å². The second-order valence-electron chi connectivity index (χ2n) is 8.33. The maximum absolute atomic E-state index is 12.8. The Hall–Kier alpha value is -2.04. The highest BCUT2D eigenvalue weighted by Crippen LogP contribution is 2.32. The molecule has 0 spiro atoms. The normalized spacial score (nSPS) is 15.4. The predicted octanol–water partition coefficient (Wildman–Crippen LogP) is 3.40. The summed E-state index contributed by atoms with van der Waals surface area (Å²) < 4.78 is 5.49. The van der Waals surface area contributed by atoms with Crippen LogP contribution in [0.5, 0.6) is 5.75 Å². The minimum Gasteiger partial charge on any atom is -0.496 e. The van der Waals surface area contributed by atoms with Crippen molar-refractivity contribution in [3.05, 3.63) is 29.3 Å². The average molecular weight is 375 g/mol. The fourth-order valence-electron chi connectivity index (χ4n) is 3.53. The van der Waals surface area contributed by atoms with Crippen LogP contribution >= 0.6 is 0 Å². The van der Waals surface area contributed by atoms with Gasteiger partial charge in [-0.25, -0.2) is 0 Å². The van der Waals surface area contributed by atoms with Crippen molar-refractivity contribution in [2.24, 2.45) is 0 Å². The molecule has 0 bridgehead atoms. The van der Waals surface area contributed by atoms with Crippen molar-refractivity contribution in [2.75, 3.05) is 33.3 Å². The number of methoxy groups -OCH3 is 1. The van der Waals surface area contributed by atoms with Crippen LogP contribution in [0.3, 0.4) is 0 Å². The average Bonchev–Trinajstić information content (AvgIpc) is 2.87. The van der Waals surface area contributed by atoms with Gasteiger partial charge in [0.05, 0.1) is 13.5 Å². The molecule has 5 nitrogen and oxygen atoms in total. The minimum absolute atomic E-state index is 0.0485. The van der Waals surface area contributed by atoms with E-state index in [9.17, 15) is 9.59 Å². The Labute approximate surface area is 163 Å². The van der Waals surface area contributed by atoms with E-state index in [0.29, 0.717) is 25.9 Å². The van der Waals surface area contributed by atoms with Crippen molar-refractivity contribution >= 4 is 11.8 Å². The van der Waals surface area contributed by atoms with Gasteiger partial charge in [0.15, 0.2) is 0 Å². The standard InChI is InChI=1S/C22H34N2O3/c1-6-8-20(25)23-11-7-12-24(14-13-23)21(26)16-17-9-10-19(27-5)18(15-17)22(2,3)4/h9-10,15H,6-8,11-14,16H2,1-5H3. The molecule has 0 aromatic heterocycles. The van der Waals surface area contributed by atoms with Gasteiger partial charge in [0, 0.05) is 32.6 Å². The maximum Gasteiger partial charge on any atom is 0.227 e. The Morgan fingerprint density at radius 1 is 1.04 bits per heavy atom. The smallest absolute Gasteiger partial charge is 0.227 e. The first kappa shape index (κ1) is 21.3. The van der Waals surface area contributed by atoms with E-state index in [0.717, 1.165) is 42.8 Å². The van der Waals surface area contributed by atoms with E-state index in [1.165, 1.54) is 0 Å². The quantitative estimate of drug-likeness (QED) is 0.794. The largest absolute Gasteiger partial charge is 0.496 e. The third-order valence-electron chi connectivity index (χ3n) is 5.09. The van der Waals surface area contributed by atoms with E-state index >= 15 is 0 Å². The molecule has 27 heavy (non-hydrogen) atoms. The molecule has 1 aliphatic rings. The van der Waals surface area contributed by atoms with Gasteiger partial charge in [-0.1, -0.05) is 39.8 Å². The molecular weight excluding hydrogens is 340 g/mol. The zero-order valence-electron chi connectivity index (χ0n) is 17.5. The molecule has 5 heteroatoms. The van der Waals surface area contributed by atoms with E-state index in [1.54, 1.807) is 7.11 Å². The Kier molecular flexibility index (Phi) is 7.28. The van der Waals surface area contributed by atoms with Crippen molar-refractivity contribution in [3.8, 4) is 5.75 Å². The van der Waals surface area contributed by atoms with Gasteiger partial charge >= 0.3 is 0 Å². The second kappa shape index (κ2) is 9.25. The van der Waals surface area contributed by atoms with Gasteiger partial charge in [0.25, 0.3) is 0 Å². The number of carbonyl (C=O) groups is 2. The molecule has 1 aliphatic heterocycles. The Bertz CT molecular complexity index is 664. The molecule has 1 aromatic rings. The lowest BCUT2D eigenvalue weighted by atomic mass is 9.85. The summed E-state index contributed by atoms with van der Waals surface area (Å²) in [6.07, 6.45) is 2.69. The van der Waals surface area contributed by atoms with Crippen molar-refractivity contribution in [2.45, 2.75) is 58.8 Å². The molecule has 2 amide bonds. The van der Waals surface area contributed by atoms with Crippen LogP contribution in [0, 0.1) is 0 Å². The third kappa shape index (κ3) is 5.72. The molecule has 0 aliphatic carbocycles. The van der Waals surface area contributed by atoms with E-state index in [1.807, 2.05) is 28.9 Å². The number of amides is 2. The molecule has 0 atom stereocenters. The number of hydrogen-bond acceptors (Lipinski definition) is 3. The summed E-state index contributed by atoms with van der Waals surface area (Å²) in [6.45, 7) is 11.2. The number of benzene rings is 1. The van der Waals surface area contributed by atoms with Crippen LogP contribution in [0.2, 0.25) is 0 Å². The van der Waals surface area contributed by atoms with Crippen LogP contribution in [0.15, 0.2) is 18.2 Å². The molecule has 2 rings (SSSR count). The van der Waals surface area contributed by atoms with E-state index in [2.05, 4.69) is 26.8 Å². The monoisotopic (exact) mass is 374 g/mol. The summed E-state index contributed by atoms with van der Waals surface area (Å²) in [7, 11) is 1.68. The van der Waals surface area contributed by atoms with Crippen molar-refractivity contribution in [3.63, 3.8) is 0 Å². The molecule has 1 saturated heterocycles. The van der Waals surface area contributed by atoms with Gasteiger partial charge in [-0.2, -0.15) is 0 Å². The van der Waals surface area contributed by atoms with Crippen molar-refractivity contribution < 1.29 is 14.3 Å². The Morgan fingerprint density at radius 3 is 2.22 bits per heavy atom. The Morgan fingerprint density at radius 2 is 1.67 bits per heavy atom. The summed E-state index contributed by atoms with van der Waals surface area (Å²) >= 11 is 0. The first-order valence-corrected chi connectivity index (χ1v) is 9.99. The van der Waals surface area contributed by atoms with Crippen molar-refractivity contribution in [1.29, 1.82) is 0 Å². The summed E-state index contributed by atoms with van der Waals surface area (Å²) in [5, 5.41) is 0. The minimum atomic E-state index is -0.0485. The van der Waals surface area contributed by atoms with Crippen LogP contribution in [0.25, 0.3) is 0 Å². The number of nitrogens with zero attached hydrogens (tertiary/aromatic N) is 2. The second-order valence-corrected chi connectivity index (χ2v) is 8.33. The van der Waals surface area contributed by atoms with Crippen LogP contribution in [-0.4, -0.2) is 54.9 Å². The number of ether oxygens (including phenoxy) is 1. The SMILES string of the molecule is CCCC(=O)N1CCCN(C(=O)Cc2ccc(OC)c(C(C)(C)C)c2)CC1. The van der Waals surface area contributed by atoms with E-state index in [-0.39, 0.29) is 17.2 Å². The summed E-state index contributed by atoms with van der Waals surface area (Å²) in [5.41, 5.74) is 2.07. The first-order valence-electron chi connectivity index (χ1n) is 9.99. The van der Waals surface area contributed by atoms with Gasteiger partial charge in [-0.15, -0.1) is 0 Å². The highest BCUT2D eigenvalue weighted by atomic mass is 16.5. The number of rotatable bonds is 5. The zero-order valence-corrected chi connectivity index (χ0v) is 17.5. The molecular formula is C22H34N2O3. The van der Waals surface area contributed by atoms with Gasteiger partial charge in [-0.3, -0.25) is 9.59 Å². The molecule has 1 fully saturated rings. The molecule has 0 radical (unpaired) electrons. The van der Waals surface area contributed by atoms with E-state index in [4.69, 9.17) is 4.74 Å². The first-order chi connectivity index (χ1) is 12.8. The van der Waals surface area contributed by atoms with Gasteiger partial charge in [-0.05, 0) is 35.4 Å². The molecule has 1 heterocycles. The molecule has 150 valence electrons. The fourth-order valence-corrected chi connectivity index (χ4v) is 3.53. The fraction of sp³-hybridized carbons (Fsp3) is 0.636. The maximum atomic E-state index is 12.8. The molecule has 0 unspecified atom stereocenters. The lowest BCUT2D eigenvalue weighted by molar-refractivity contribution is -0.133. The van der Waals surface area contributed by atoms with Crippen LogP contribution in [-0.2, 0) is 21.4 Å². The summed E-state index contributed by atoms with van der Waals surface area (Å²) in [5.74, 6) is 1.19.